The molecule has 0 spiro atoms. The summed E-state index contributed by atoms with van der Waals surface area (Å²) in [4.78, 5) is 25.7. The van der Waals surface area contributed by atoms with Crippen molar-refractivity contribution in [2.75, 3.05) is 32.2 Å². The van der Waals surface area contributed by atoms with Crippen LogP contribution in [0.3, 0.4) is 0 Å². The zero-order valence-electron chi connectivity index (χ0n) is 15.2. The highest BCUT2D eigenvalue weighted by molar-refractivity contribution is 6.18. The molecule has 0 saturated carbocycles. The van der Waals surface area contributed by atoms with Crippen LogP contribution in [0.2, 0.25) is 0 Å². The lowest BCUT2D eigenvalue weighted by atomic mass is 10.0. The van der Waals surface area contributed by atoms with E-state index in [1.54, 1.807) is 0 Å². The van der Waals surface area contributed by atoms with Gasteiger partial charge in [0.1, 0.15) is 12.4 Å². The van der Waals surface area contributed by atoms with Crippen LogP contribution in [-0.4, -0.2) is 55.1 Å². The summed E-state index contributed by atoms with van der Waals surface area (Å²) < 4.78 is 10.6. The van der Waals surface area contributed by atoms with Crippen molar-refractivity contribution in [3.63, 3.8) is 0 Å². The number of halogens is 1. The summed E-state index contributed by atoms with van der Waals surface area (Å²) in [7, 11) is 0. The number of alkyl halides is 1. The number of hydrogen-bond donors (Lipinski definition) is 1. The fourth-order valence-electron chi connectivity index (χ4n) is 2.89. The van der Waals surface area contributed by atoms with Gasteiger partial charge in [0.15, 0.2) is 0 Å². The molecule has 2 amide bonds. The summed E-state index contributed by atoms with van der Waals surface area (Å²) in [6.45, 7) is 4.04. The van der Waals surface area contributed by atoms with E-state index in [0.29, 0.717) is 32.5 Å². The van der Waals surface area contributed by atoms with Crippen LogP contribution in [0, 0.1) is 6.92 Å². The maximum absolute atomic E-state index is 12.3. The topological polar surface area (TPSA) is 67.9 Å². The van der Waals surface area contributed by atoms with Crippen LogP contribution >= 0.6 is 11.6 Å². The second-order valence-electron chi connectivity index (χ2n) is 6.34. The quantitative estimate of drug-likeness (QED) is 0.554. The molecule has 7 heteroatoms. The minimum absolute atomic E-state index is 0.0475. The van der Waals surface area contributed by atoms with E-state index in [1.807, 2.05) is 36.1 Å². The van der Waals surface area contributed by atoms with Crippen LogP contribution in [0.15, 0.2) is 24.3 Å². The number of rotatable bonds is 8. The minimum atomic E-state index is -0.441. The number of ether oxygens (including phenoxy) is 2. The first-order chi connectivity index (χ1) is 12.6. The molecule has 144 valence electrons. The van der Waals surface area contributed by atoms with Gasteiger partial charge < -0.3 is 19.7 Å². The third kappa shape index (κ3) is 6.75. The number of para-hydroxylation sites is 1. The molecule has 26 heavy (non-hydrogen) atoms. The second kappa shape index (κ2) is 10.9. The van der Waals surface area contributed by atoms with Gasteiger partial charge in [-0.05, 0) is 37.8 Å². The zero-order chi connectivity index (χ0) is 18.8. The summed E-state index contributed by atoms with van der Waals surface area (Å²) in [6.07, 6.45) is 2.20. The first-order valence-electron chi connectivity index (χ1n) is 9.05. The smallest absolute Gasteiger partial charge is 0.407 e. The first-order valence-corrected chi connectivity index (χ1v) is 9.59. The third-order valence-electron chi connectivity index (χ3n) is 4.37. The summed E-state index contributed by atoms with van der Waals surface area (Å²) in [5, 5.41) is 2.81. The monoisotopic (exact) mass is 382 g/mol. The number of alkyl carbamates (subject to hydrolysis) is 1. The highest BCUT2D eigenvalue weighted by atomic mass is 35.5. The van der Waals surface area contributed by atoms with Crippen molar-refractivity contribution in [2.24, 2.45) is 0 Å². The minimum Gasteiger partial charge on any atom is -0.493 e. The van der Waals surface area contributed by atoms with Crippen LogP contribution in [0.25, 0.3) is 0 Å². The molecular formula is C19H27ClN2O4. The van der Waals surface area contributed by atoms with Gasteiger partial charge in [-0.1, -0.05) is 18.2 Å². The predicted octanol–water partition coefficient (Wildman–Crippen LogP) is 3.11. The molecule has 0 aromatic heterocycles. The average molecular weight is 383 g/mol. The Morgan fingerprint density at radius 2 is 1.96 bits per heavy atom. The third-order valence-corrected chi connectivity index (χ3v) is 4.52. The van der Waals surface area contributed by atoms with E-state index in [1.165, 1.54) is 0 Å². The maximum atomic E-state index is 12.3. The van der Waals surface area contributed by atoms with Crippen LogP contribution in [0.4, 0.5) is 4.79 Å². The van der Waals surface area contributed by atoms with Crippen LogP contribution < -0.4 is 10.1 Å². The van der Waals surface area contributed by atoms with Crippen molar-refractivity contribution in [3.05, 3.63) is 29.8 Å². The van der Waals surface area contributed by atoms with Gasteiger partial charge >= 0.3 is 6.09 Å². The molecule has 0 bridgehead atoms. The van der Waals surface area contributed by atoms with Crippen LogP contribution in [0.1, 0.15) is 31.2 Å². The van der Waals surface area contributed by atoms with E-state index in [9.17, 15) is 9.59 Å². The van der Waals surface area contributed by atoms with E-state index in [0.717, 1.165) is 24.2 Å². The lowest BCUT2D eigenvalue weighted by molar-refractivity contribution is -0.132. The molecule has 0 radical (unpaired) electrons. The Hall–Kier alpha value is -1.95. The summed E-state index contributed by atoms with van der Waals surface area (Å²) in [6, 6.07) is 7.90. The maximum Gasteiger partial charge on any atom is 0.407 e. The van der Waals surface area contributed by atoms with Crippen molar-refractivity contribution in [3.8, 4) is 5.75 Å². The molecule has 1 aromatic carbocycles. The first kappa shape index (κ1) is 20.4. The Morgan fingerprint density at radius 1 is 1.23 bits per heavy atom. The van der Waals surface area contributed by atoms with Crippen molar-refractivity contribution in [2.45, 2.75) is 38.6 Å². The number of benzene rings is 1. The molecule has 1 N–H and O–H groups in total. The molecule has 1 fully saturated rings. The molecule has 1 heterocycles. The Balaban J connectivity index is 1.61. The largest absolute Gasteiger partial charge is 0.493 e. The number of nitrogens with zero attached hydrogens (tertiary/aromatic N) is 1. The van der Waals surface area contributed by atoms with Crippen molar-refractivity contribution in [1.29, 1.82) is 0 Å². The van der Waals surface area contributed by atoms with Crippen molar-refractivity contribution < 1.29 is 19.1 Å². The lowest BCUT2D eigenvalue weighted by Gasteiger charge is -2.32. The Labute approximate surface area is 159 Å². The van der Waals surface area contributed by atoms with Gasteiger partial charge in [-0.25, -0.2) is 4.79 Å². The molecule has 0 aliphatic carbocycles. The lowest BCUT2D eigenvalue weighted by Crippen LogP contribution is -2.46. The van der Waals surface area contributed by atoms with Crippen molar-refractivity contribution in [1.82, 2.24) is 10.2 Å². The second-order valence-corrected chi connectivity index (χ2v) is 6.72. The fourth-order valence-corrected chi connectivity index (χ4v) is 2.97. The zero-order valence-corrected chi connectivity index (χ0v) is 16.0. The molecule has 1 saturated heterocycles. The average Bonchev–Trinajstić information content (AvgIpc) is 2.65. The van der Waals surface area contributed by atoms with Gasteiger partial charge in [0.25, 0.3) is 0 Å². The number of likely N-dealkylation sites (tertiary alicyclic amines) is 1. The Morgan fingerprint density at radius 3 is 2.65 bits per heavy atom. The number of amides is 2. The van der Waals surface area contributed by atoms with Gasteiger partial charge in [-0.3, -0.25) is 4.79 Å². The highest BCUT2D eigenvalue weighted by Gasteiger charge is 2.23. The number of carbonyl (C=O) groups is 2. The van der Waals surface area contributed by atoms with E-state index < -0.39 is 6.09 Å². The van der Waals surface area contributed by atoms with Crippen molar-refractivity contribution >= 4 is 23.6 Å². The molecule has 0 unspecified atom stereocenters. The van der Waals surface area contributed by atoms with Gasteiger partial charge in [0.2, 0.25) is 5.91 Å². The number of aryl methyl sites for hydroxylation is 1. The standard InChI is InChI=1S/C19H27ClN2O4/c1-15-5-2-3-6-17(15)25-13-4-7-18(23)22-11-8-16(9-12-22)21-19(24)26-14-10-20/h2-3,5-6,16H,4,7-14H2,1H3,(H,21,24). The predicted molar refractivity (Wildman–Crippen MR) is 101 cm³/mol. The number of carbonyl (C=O) groups excluding carboxylic acids is 2. The van der Waals surface area contributed by atoms with Crippen LogP contribution in [-0.2, 0) is 9.53 Å². The summed E-state index contributed by atoms with van der Waals surface area (Å²) in [5.74, 6) is 1.29. The summed E-state index contributed by atoms with van der Waals surface area (Å²) in [5.41, 5.74) is 1.10. The van der Waals surface area contributed by atoms with E-state index in [4.69, 9.17) is 21.1 Å². The molecule has 1 aliphatic rings. The number of nitrogens with one attached hydrogen (secondary N) is 1. The number of piperidine rings is 1. The number of hydrogen-bond acceptors (Lipinski definition) is 4. The molecular weight excluding hydrogens is 356 g/mol. The van der Waals surface area contributed by atoms with Gasteiger partial charge in [0, 0.05) is 25.6 Å². The fraction of sp³-hybridized carbons (Fsp3) is 0.579. The van der Waals surface area contributed by atoms with E-state index >= 15 is 0 Å². The normalized spacial score (nSPS) is 14.8. The Kier molecular flexibility index (Phi) is 8.54. The van der Waals surface area contributed by atoms with Gasteiger partial charge in [-0.2, -0.15) is 0 Å². The van der Waals surface area contributed by atoms with E-state index in [2.05, 4.69) is 5.32 Å². The van der Waals surface area contributed by atoms with E-state index in [-0.39, 0.29) is 24.4 Å². The molecule has 6 nitrogen and oxygen atoms in total. The molecule has 2 rings (SSSR count). The molecule has 0 atom stereocenters. The SMILES string of the molecule is Cc1ccccc1OCCCC(=O)N1CCC(NC(=O)OCCCl)CC1. The molecule has 1 aromatic rings. The molecule has 1 aliphatic heterocycles. The van der Waals surface area contributed by atoms with Gasteiger partial charge in [-0.15, -0.1) is 11.6 Å². The Bertz CT molecular complexity index is 589. The summed E-state index contributed by atoms with van der Waals surface area (Å²) >= 11 is 5.48. The van der Waals surface area contributed by atoms with Crippen LogP contribution in [0.5, 0.6) is 5.75 Å². The highest BCUT2D eigenvalue weighted by Crippen LogP contribution is 2.17. The van der Waals surface area contributed by atoms with Gasteiger partial charge in [0.05, 0.1) is 12.5 Å².